The van der Waals surface area contributed by atoms with Gasteiger partial charge in [0.2, 0.25) is 19.7 Å². The van der Waals surface area contributed by atoms with Crippen LogP contribution in [0.25, 0.3) is 0 Å². The molecule has 2 aliphatic rings. The van der Waals surface area contributed by atoms with Gasteiger partial charge in [-0.3, -0.25) is 19.2 Å². The van der Waals surface area contributed by atoms with Gasteiger partial charge >= 0.3 is 12.4 Å². The first-order chi connectivity index (χ1) is 30.6. The molecular weight excluding hydrogens is 903 g/mol. The number of sulfone groups is 2. The van der Waals surface area contributed by atoms with Crippen LogP contribution in [0.4, 0.5) is 26.3 Å². The van der Waals surface area contributed by atoms with Crippen LogP contribution in [0.2, 0.25) is 0 Å². The Morgan fingerprint density at radius 2 is 1.06 bits per heavy atom. The molecule has 4 aromatic carbocycles. The van der Waals surface area contributed by atoms with Crippen molar-refractivity contribution in [3.05, 3.63) is 185 Å². The lowest BCUT2D eigenvalue weighted by molar-refractivity contribution is -0.142. The molecule has 20 heteroatoms. The van der Waals surface area contributed by atoms with E-state index in [4.69, 9.17) is 0 Å². The van der Waals surface area contributed by atoms with E-state index in [0.29, 0.717) is 24.1 Å². The zero-order valence-electron chi connectivity index (χ0n) is 33.6. The molecule has 0 saturated carbocycles. The number of H-pyrrole nitrogens is 2. The lowest BCUT2D eigenvalue weighted by atomic mass is 9.94. The monoisotopic (exact) mass is 936 g/mol. The van der Waals surface area contributed by atoms with Crippen LogP contribution in [0.15, 0.2) is 132 Å². The summed E-state index contributed by atoms with van der Waals surface area (Å²) in [5.41, 5.74) is -5.68. The van der Waals surface area contributed by atoms with Crippen molar-refractivity contribution in [1.29, 1.82) is 0 Å². The first-order valence-electron chi connectivity index (χ1n) is 19.8. The molecule has 4 heterocycles. The normalized spacial score (nSPS) is 16.9. The Balaban J connectivity index is 1.09. The lowest BCUT2D eigenvalue weighted by Gasteiger charge is -2.29. The molecule has 2 unspecified atom stereocenters. The molecule has 2 atom stereocenters. The van der Waals surface area contributed by atoms with Crippen LogP contribution in [0, 0.1) is 0 Å². The van der Waals surface area contributed by atoms with Crippen molar-refractivity contribution in [2.45, 2.75) is 76.6 Å². The number of carbonyl (C=O) groups excluding carboxylic acids is 2. The summed E-state index contributed by atoms with van der Waals surface area (Å²) in [6.07, 6.45) is -9.89. The van der Waals surface area contributed by atoms with Gasteiger partial charge in [0.05, 0.1) is 31.7 Å². The predicted octanol–water partition coefficient (Wildman–Crippen LogP) is 7.17. The second-order valence-corrected chi connectivity index (χ2v) is 19.1. The summed E-state index contributed by atoms with van der Waals surface area (Å²) in [7, 11) is -8.23. The molecule has 2 aliphatic heterocycles. The summed E-state index contributed by atoms with van der Waals surface area (Å²) in [5, 5.41) is 5.24. The van der Waals surface area contributed by atoms with Gasteiger partial charge in [-0.05, 0) is 107 Å². The van der Waals surface area contributed by atoms with Crippen molar-refractivity contribution < 1.29 is 52.8 Å². The molecule has 0 fully saturated rings. The molecule has 2 aromatic heterocycles. The largest absolute Gasteiger partial charge is 0.431 e. The van der Waals surface area contributed by atoms with Crippen molar-refractivity contribution in [1.82, 2.24) is 20.6 Å². The van der Waals surface area contributed by atoms with Crippen LogP contribution in [-0.4, -0.2) is 38.6 Å². The summed E-state index contributed by atoms with van der Waals surface area (Å²) in [6.45, 7) is 1.84. The number of amides is 2. The van der Waals surface area contributed by atoms with E-state index in [1.54, 1.807) is 23.2 Å². The minimum atomic E-state index is -5.07. The van der Waals surface area contributed by atoms with Gasteiger partial charge < -0.3 is 20.6 Å². The van der Waals surface area contributed by atoms with Gasteiger partial charge in [0, 0.05) is 0 Å². The van der Waals surface area contributed by atoms with Gasteiger partial charge in [-0.15, -0.1) is 0 Å². The van der Waals surface area contributed by atoms with Gasteiger partial charge in [0.1, 0.15) is 22.5 Å². The Kier molecular flexibility index (Phi) is 11.2. The lowest BCUT2D eigenvalue weighted by Crippen LogP contribution is -2.37. The van der Waals surface area contributed by atoms with Gasteiger partial charge in [0.25, 0.3) is 22.9 Å². The fraction of sp³-hybridized carbons (Fsp3) is 0.200. The summed E-state index contributed by atoms with van der Waals surface area (Å²) in [4.78, 5) is 56.0. The van der Waals surface area contributed by atoms with E-state index in [-0.39, 0.29) is 61.1 Å². The van der Waals surface area contributed by atoms with Gasteiger partial charge in [-0.25, -0.2) is 16.8 Å². The number of rotatable bonds is 9. The summed E-state index contributed by atoms with van der Waals surface area (Å²) in [5.74, 6) is -2.20. The highest BCUT2D eigenvalue weighted by Crippen LogP contribution is 2.43. The number of halogens is 6. The zero-order chi connectivity index (χ0) is 46.8. The van der Waals surface area contributed by atoms with Crippen LogP contribution in [0.3, 0.4) is 0 Å². The van der Waals surface area contributed by atoms with Crippen molar-refractivity contribution in [3.63, 3.8) is 0 Å². The number of aromatic nitrogens is 2. The molecule has 4 N–H and O–H groups in total. The van der Waals surface area contributed by atoms with Crippen molar-refractivity contribution >= 4 is 31.5 Å². The second kappa shape index (κ2) is 16.3. The highest BCUT2D eigenvalue weighted by atomic mass is 32.2. The maximum atomic E-state index is 14.4. The number of aromatic amines is 2. The highest BCUT2D eigenvalue weighted by molar-refractivity contribution is 7.92. The molecule has 0 bridgehead atoms. The maximum absolute atomic E-state index is 14.4. The van der Waals surface area contributed by atoms with E-state index in [1.807, 2.05) is 11.9 Å². The number of hydrogen-bond acceptors (Lipinski definition) is 8. The molecule has 0 radical (unpaired) electrons. The van der Waals surface area contributed by atoms with E-state index in [9.17, 15) is 62.4 Å². The van der Waals surface area contributed by atoms with E-state index in [2.05, 4.69) is 10.6 Å². The van der Waals surface area contributed by atoms with Crippen molar-refractivity contribution in [3.8, 4) is 0 Å². The second-order valence-electron chi connectivity index (χ2n) is 15.4. The Morgan fingerprint density at radius 1 is 0.569 bits per heavy atom. The topological polar surface area (TPSA) is 192 Å². The zero-order valence-corrected chi connectivity index (χ0v) is 35.3. The SMILES string of the molecule is CCc1ccc2c(c1)C(NC(=O)c1cc(CCCc3ccc4c(c3)C(NC(=O)c3ccc(C(F)(F)F)[nH]c3=O)c3ccccc3S4(=O)=O)c(C(F)(F)F)[nH]c1=O)c1ccccc1S2(=O)=O. The third kappa shape index (κ3) is 8.15. The summed E-state index contributed by atoms with van der Waals surface area (Å²) < 4.78 is 138. The fourth-order valence-corrected chi connectivity index (χ4v) is 11.7. The minimum Gasteiger partial charge on any atom is -0.341 e. The van der Waals surface area contributed by atoms with Crippen LogP contribution in [0.1, 0.15) is 96.5 Å². The number of hydrogen-bond donors (Lipinski definition) is 4. The van der Waals surface area contributed by atoms with Gasteiger partial charge in [0.15, 0.2) is 0 Å². The number of carbonyl (C=O) groups is 2. The van der Waals surface area contributed by atoms with E-state index < -0.39 is 95.1 Å². The summed E-state index contributed by atoms with van der Waals surface area (Å²) >= 11 is 0. The average Bonchev–Trinajstić information content (AvgIpc) is 3.26. The summed E-state index contributed by atoms with van der Waals surface area (Å²) in [6, 6.07) is 20.0. The quantitative estimate of drug-likeness (QED) is 0.110. The first-order valence-corrected chi connectivity index (χ1v) is 22.8. The molecule has 0 spiro atoms. The van der Waals surface area contributed by atoms with E-state index in [1.165, 1.54) is 66.7 Å². The molecular formula is C45H34F6N4O8S2. The molecule has 6 aromatic rings. The number of fused-ring (bicyclic) bond motifs is 4. The average molecular weight is 937 g/mol. The van der Waals surface area contributed by atoms with Crippen molar-refractivity contribution in [2.24, 2.45) is 0 Å². The van der Waals surface area contributed by atoms with Crippen LogP contribution in [0.5, 0.6) is 0 Å². The number of pyridine rings is 2. The number of nitrogens with one attached hydrogen (secondary N) is 4. The molecule has 2 amide bonds. The number of alkyl halides is 6. The number of benzene rings is 4. The van der Waals surface area contributed by atoms with Crippen molar-refractivity contribution in [2.75, 3.05) is 0 Å². The van der Waals surface area contributed by atoms with E-state index >= 15 is 0 Å². The smallest absolute Gasteiger partial charge is 0.341 e. The maximum Gasteiger partial charge on any atom is 0.431 e. The Bertz CT molecular complexity index is 3310. The molecule has 12 nitrogen and oxygen atoms in total. The Morgan fingerprint density at radius 3 is 1.58 bits per heavy atom. The molecule has 65 heavy (non-hydrogen) atoms. The molecule has 336 valence electrons. The van der Waals surface area contributed by atoms with Crippen LogP contribution >= 0.6 is 0 Å². The number of aryl methyl sites for hydroxylation is 3. The van der Waals surface area contributed by atoms with Crippen LogP contribution < -0.4 is 21.8 Å². The van der Waals surface area contributed by atoms with Crippen LogP contribution in [-0.2, 0) is 51.3 Å². The van der Waals surface area contributed by atoms with Gasteiger partial charge in [-0.1, -0.05) is 67.6 Å². The standard InChI is InChI=1S/C45H34F6N4O8S2/c1-2-23-14-17-34-29(20-23)37(26-10-3-5-12-32(26)64(34,60)61)54-42(58)31-22-25(39(45(49,50)51)55-43(31)59)9-7-8-24-15-18-35-30(21-24)38(27-11-4-6-13-33(27)65(35,62)63)53-41(57)28-16-19-36(44(46,47)48)52-40(28)56/h3-6,10-22,37-38H,2,7-9H2,1H3,(H,52,56)(H,53,57)(H,54,58)(H,55,59). The first kappa shape index (κ1) is 44.8. The molecule has 8 rings (SSSR count). The highest BCUT2D eigenvalue weighted by Gasteiger charge is 2.40. The Labute approximate surface area is 365 Å². The van der Waals surface area contributed by atoms with Gasteiger partial charge in [-0.2, -0.15) is 26.3 Å². The third-order valence-corrected chi connectivity index (χ3v) is 15.2. The minimum absolute atomic E-state index is 0.00392. The Hall–Kier alpha value is -6.80. The van der Waals surface area contributed by atoms with E-state index in [0.717, 1.165) is 11.6 Å². The predicted molar refractivity (Wildman–Crippen MR) is 221 cm³/mol. The fourth-order valence-electron chi connectivity index (χ4n) is 8.23. The third-order valence-electron chi connectivity index (χ3n) is 11.4. The molecule has 0 saturated heterocycles. The molecule has 0 aliphatic carbocycles.